The van der Waals surface area contributed by atoms with Crippen LogP contribution in [-0.2, 0) is 0 Å². The van der Waals surface area contributed by atoms with E-state index in [4.69, 9.17) is 4.52 Å². The lowest BCUT2D eigenvalue weighted by molar-refractivity contribution is -0.384. The lowest BCUT2D eigenvalue weighted by atomic mass is 10.1. The summed E-state index contributed by atoms with van der Waals surface area (Å²) in [4.78, 5) is 14.7. The second-order valence-electron chi connectivity index (χ2n) is 4.55. The molecule has 21 heavy (non-hydrogen) atoms. The maximum Gasteiger partial charge on any atom is 0.269 e. The normalized spacial score (nSPS) is 10.5. The predicted molar refractivity (Wildman–Crippen MR) is 76.6 cm³/mol. The predicted octanol–water partition coefficient (Wildman–Crippen LogP) is 3.62. The van der Waals surface area contributed by atoms with Crippen molar-refractivity contribution >= 4 is 5.69 Å². The van der Waals surface area contributed by atoms with E-state index in [1.54, 1.807) is 13.0 Å². The van der Waals surface area contributed by atoms with Crippen LogP contribution in [0.4, 0.5) is 5.69 Å². The van der Waals surface area contributed by atoms with E-state index >= 15 is 0 Å². The number of aryl methyl sites for hydroxylation is 1. The van der Waals surface area contributed by atoms with Crippen LogP contribution in [0.25, 0.3) is 22.8 Å². The molecule has 0 saturated carbocycles. The van der Waals surface area contributed by atoms with E-state index in [1.807, 2.05) is 30.3 Å². The third kappa shape index (κ3) is 2.51. The summed E-state index contributed by atoms with van der Waals surface area (Å²) in [7, 11) is 0. The first-order valence-corrected chi connectivity index (χ1v) is 6.29. The van der Waals surface area contributed by atoms with E-state index in [9.17, 15) is 10.1 Å². The van der Waals surface area contributed by atoms with Crippen LogP contribution >= 0.6 is 0 Å². The quantitative estimate of drug-likeness (QED) is 0.541. The van der Waals surface area contributed by atoms with E-state index in [1.165, 1.54) is 12.1 Å². The van der Waals surface area contributed by atoms with E-state index in [0.29, 0.717) is 17.3 Å². The summed E-state index contributed by atoms with van der Waals surface area (Å²) < 4.78 is 5.24. The number of hydrogen-bond donors (Lipinski definition) is 0. The average molecular weight is 281 g/mol. The molecule has 0 radical (unpaired) electrons. The molecule has 0 aliphatic rings. The second kappa shape index (κ2) is 5.16. The molecule has 0 aliphatic carbocycles. The van der Waals surface area contributed by atoms with Gasteiger partial charge in [-0.2, -0.15) is 4.98 Å². The van der Waals surface area contributed by atoms with E-state index in [-0.39, 0.29) is 5.69 Å². The number of aromatic nitrogens is 2. The van der Waals surface area contributed by atoms with Crippen molar-refractivity contribution in [2.45, 2.75) is 6.92 Å². The van der Waals surface area contributed by atoms with E-state index in [0.717, 1.165) is 11.1 Å². The molecule has 3 rings (SSSR count). The van der Waals surface area contributed by atoms with Crippen LogP contribution in [0, 0.1) is 17.0 Å². The zero-order chi connectivity index (χ0) is 14.8. The van der Waals surface area contributed by atoms with Gasteiger partial charge < -0.3 is 4.52 Å². The molecule has 2 aromatic carbocycles. The fourth-order valence-corrected chi connectivity index (χ4v) is 2.04. The Labute approximate surface area is 120 Å². The number of nitro benzene ring substituents is 1. The highest BCUT2D eigenvalue weighted by molar-refractivity contribution is 5.64. The first-order chi connectivity index (χ1) is 10.1. The molecule has 0 fully saturated rings. The van der Waals surface area contributed by atoms with Crippen molar-refractivity contribution in [3.8, 4) is 22.8 Å². The Morgan fingerprint density at radius 2 is 1.90 bits per heavy atom. The lowest BCUT2D eigenvalue weighted by Crippen LogP contribution is -1.91. The fourth-order valence-electron chi connectivity index (χ4n) is 2.04. The molecule has 0 N–H and O–H groups in total. The summed E-state index contributed by atoms with van der Waals surface area (Å²) in [5, 5.41) is 14.7. The fraction of sp³-hybridized carbons (Fsp3) is 0.0667. The summed E-state index contributed by atoms with van der Waals surface area (Å²) in [6, 6.07) is 14.0. The monoisotopic (exact) mass is 281 g/mol. The zero-order valence-corrected chi connectivity index (χ0v) is 11.2. The molecule has 0 atom stereocenters. The van der Waals surface area contributed by atoms with Gasteiger partial charge in [-0.25, -0.2) is 0 Å². The molecule has 0 saturated heterocycles. The van der Waals surface area contributed by atoms with Gasteiger partial charge in [0, 0.05) is 23.3 Å². The number of hydrogen-bond acceptors (Lipinski definition) is 5. The first-order valence-electron chi connectivity index (χ1n) is 6.29. The molecule has 6 heteroatoms. The Morgan fingerprint density at radius 1 is 1.14 bits per heavy atom. The second-order valence-corrected chi connectivity index (χ2v) is 4.55. The average Bonchev–Trinajstić information content (AvgIpc) is 2.97. The largest absolute Gasteiger partial charge is 0.334 e. The number of nitro groups is 1. The Hall–Kier alpha value is -3.02. The lowest BCUT2D eigenvalue weighted by Gasteiger charge is -2.00. The molecule has 0 aliphatic heterocycles. The van der Waals surface area contributed by atoms with Gasteiger partial charge in [-0.15, -0.1) is 0 Å². The maximum atomic E-state index is 10.7. The van der Waals surface area contributed by atoms with Crippen LogP contribution in [0.2, 0.25) is 0 Å². The van der Waals surface area contributed by atoms with Crippen LogP contribution < -0.4 is 0 Å². The first kappa shape index (κ1) is 13.0. The topological polar surface area (TPSA) is 82.1 Å². The zero-order valence-electron chi connectivity index (χ0n) is 11.2. The highest BCUT2D eigenvalue weighted by Crippen LogP contribution is 2.26. The number of non-ortho nitro benzene ring substituents is 1. The summed E-state index contributed by atoms with van der Waals surface area (Å²) in [5.74, 6) is 0.838. The summed E-state index contributed by atoms with van der Waals surface area (Å²) >= 11 is 0. The Balaban J connectivity index is 1.99. The molecule has 104 valence electrons. The highest BCUT2D eigenvalue weighted by atomic mass is 16.6. The molecule has 1 aromatic heterocycles. The third-order valence-electron chi connectivity index (χ3n) is 3.11. The molecule has 0 amide bonds. The summed E-state index contributed by atoms with van der Waals surface area (Å²) in [6.07, 6.45) is 0. The van der Waals surface area contributed by atoms with E-state index in [2.05, 4.69) is 10.1 Å². The molecule has 0 bridgehead atoms. The number of benzene rings is 2. The molecule has 0 spiro atoms. The summed E-state index contributed by atoms with van der Waals surface area (Å²) in [5.41, 5.74) is 2.31. The molecular weight excluding hydrogens is 270 g/mol. The minimum absolute atomic E-state index is 0.0445. The van der Waals surface area contributed by atoms with Gasteiger partial charge in [0.05, 0.1) is 4.92 Å². The van der Waals surface area contributed by atoms with Crippen LogP contribution in [0.15, 0.2) is 53.1 Å². The van der Waals surface area contributed by atoms with Gasteiger partial charge >= 0.3 is 0 Å². The van der Waals surface area contributed by atoms with Gasteiger partial charge in [0.15, 0.2) is 0 Å². The molecule has 3 aromatic rings. The molecule has 1 heterocycles. The standard InChI is InChI=1S/C15H11N3O3/c1-10-9-12(18(19)20)7-8-13(10)14-16-15(21-17-14)11-5-3-2-4-6-11/h2-9H,1H3. The summed E-state index contributed by atoms with van der Waals surface area (Å²) in [6.45, 7) is 1.78. The van der Waals surface area contributed by atoms with Crippen LogP contribution in [0.3, 0.4) is 0 Å². The van der Waals surface area contributed by atoms with Crippen molar-refractivity contribution in [1.29, 1.82) is 0 Å². The number of rotatable bonds is 3. The Morgan fingerprint density at radius 3 is 2.57 bits per heavy atom. The Kier molecular flexibility index (Phi) is 3.19. The van der Waals surface area contributed by atoms with Crippen molar-refractivity contribution in [1.82, 2.24) is 10.1 Å². The van der Waals surface area contributed by atoms with Crippen molar-refractivity contribution in [3.05, 3.63) is 64.2 Å². The van der Waals surface area contributed by atoms with Crippen molar-refractivity contribution < 1.29 is 9.45 Å². The van der Waals surface area contributed by atoms with Crippen molar-refractivity contribution in [2.75, 3.05) is 0 Å². The molecule has 0 unspecified atom stereocenters. The van der Waals surface area contributed by atoms with Crippen molar-refractivity contribution in [2.24, 2.45) is 0 Å². The van der Waals surface area contributed by atoms with Gasteiger partial charge in [0.2, 0.25) is 5.82 Å². The maximum absolute atomic E-state index is 10.7. The third-order valence-corrected chi connectivity index (χ3v) is 3.11. The van der Waals surface area contributed by atoms with Gasteiger partial charge in [-0.1, -0.05) is 23.4 Å². The van der Waals surface area contributed by atoms with Crippen LogP contribution in [-0.4, -0.2) is 15.1 Å². The van der Waals surface area contributed by atoms with Crippen LogP contribution in [0.1, 0.15) is 5.56 Å². The van der Waals surface area contributed by atoms with E-state index < -0.39 is 4.92 Å². The Bertz CT molecular complexity index is 797. The van der Waals surface area contributed by atoms with Crippen LogP contribution in [0.5, 0.6) is 0 Å². The SMILES string of the molecule is Cc1cc([N+](=O)[O-])ccc1-c1noc(-c2ccccc2)n1. The minimum atomic E-state index is -0.428. The minimum Gasteiger partial charge on any atom is -0.334 e. The van der Waals surface area contributed by atoms with Crippen molar-refractivity contribution in [3.63, 3.8) is 0 Å². The number of nitrogens with zero attached hydrogens (tertiary/aromatic N) is 3. The van der Waals surface area contributed by atoms with Gasteiger partial charge in [0.25, 0.3) is 11.6 Å². The van der Waals surface area contributed by atoms with Gasteiger partial charge in [0.1, 0.15) is 0 Å². The molecule has 6 nitrogen and oxygen atoms in total. The molecular formula is C15H11N3O3. The smallest absolute Gasteiger partial charge is 0.269 e. The van der Waals surface area contributed by atoms with Gasteiger partial charge in [-0.05, 0) is 30.7 Å². The van der Waals surface area contributed by atoms with Gasteiger partial charge in [-0.3, -0.25) is 10.1 Å². The highest BCUT2D eigenvalue weighted by Gasteiger charge is 2.14.